The summed E-state index contributed by atoms with van der Waals surface area (Å²) in [6.45, 7) is 0. The largest absolute Gasteiger partial charge is 0.465 e. The van der Waals surface area contributed by atoms with Gasteiger partial charge in [-0.2, -0.15) is 5.26 Å². The smallest absolute Gasteiger partial charge is 0.338 e. The van der Waals surface area contributed by atoms with Crippen LogP contribution in [0.1, 0.15) is 15.9 Å². The van der Waals surface area contributed by atoms with E-state index in [2.05, 4.69) is 4.98 Å². The lowest BCUT2D eigenvalue weighted by molar-refractivity contribution is 0.0601. The highest BCUT2D eigenvalue weighted by molar-refractivity contribution is 6.09. The first-order valence-corrected chi connectivity index (χ1v) is 9.04. The maximum Gasteiger partial charge on any atom is 0.338 e. The summed E-state index contributed by atoms with van der Waals surface area (Å²) < 4.78 is 6.87. The molecule has 8 heteroatoms. The predicted octanol–water partition coefficient (Wildman–Crippen LogP) is 3.12. The second kappa shape index (κ2) is 7.22. The van der Waals surface area contributed by atoms with Gasteiger partial charge in [0.25, 0.3) is 0 Å². The molecule has 0 atom stereocenters. The number of rotatable bonds is 3. The molecule has 30 heavy (non-hydrogen) atoms. The van der Waals surface area contributed by atoms with Crippen LogP contribution in [-0.2, 0) is 11.8 Å². The molecule has 0 amide bonds. The van der Waals surface area contributed by atoms with Crippen LogP contribution in [0.15, 0.2) is 48.8 Å². The molecule has 0 spiro atoms. The maximum atomic E-state index is 12.5. The average Bonchev–Trinajstić information content (AvgIpc) is 3.12. The normalized spacial score (nSPS) is 10.7. The highest BCUT2D eigenvalue weighted by Gasteiger charge is 2.24. The van der Waals surface area contributed by atoms with Crippen molar-refractivity contribution < 1.29 is 9.53 Å². The van der Waals surface area contributed by atoms with Gasteiger partial charge in [0.15, 0.2) is 0 Å². The highest BCUT2D eigenvalue weighted by atomic mass is 16.5. The molecule has 4 N–H and O–H groups in total. The highest BCUT2D eigenvalue weighted by Crippen LogP contribution is 2.40. The molecule has 0 radical (unpaired) electrons. The van der Waals surface area contributed by atoms with Gasteiger partial charge in [0.2, 0.25) is 0 Å². The summed E-state index contributed by atoms with van der Waals surface area (Å²) in [5, 5.41) is 9.36. The molecule has 0 aliphatic rings. The van der Waals surface area contributed by atoms with Crippen LogP contribution in [0, 0.1) is 11.3 Å². The van der Waals surface area contributed by atoms with Crippen LogP contribution in [0.3, 0.4) is 0 Å². The van der Waals surface area contributed by atoms with Crippen LogP contribution in [0.5, 0.6) is 0 Å². The van der Waals surface area contributed by atoms with Gasteiger partial charge in [0, 0.05) is 36.1 Å². The van der Waals surface area contributed by atoms with Crippen molar-refractivity contribution >= 4 is 28.4 Å². The van der Waals surface area contributed by atoms with Crippen molar-refractivity contribution in [2.45, 2.75) is 0 Å². The Bertz CT molecular complexity index is 1340. The number of aryl methyl sites for hydroxylation is 1. The molecule has 148 valence electrons. The van der Waals surface area contributed by atoms with Gasteiger partial charge >= 0.3 is 5.97 Å². The van der Waals surface area contributed by atoms with Gasteiger partial charge in [-0.1, -0.05) is 12.1 Å². The summed E-state index contributed by atoms with van der Waals surface area (Å²) in [4.78, 5) is 21.5. The molecule has 0 saturated heterocycles. The third kappa shape index (κ3) is 2.81. The summed E-state index contributed by atoms with van der Waals surface area (Å²) in [5.41, 5.74) is 16.2. The van der Waals surface area contributed by atoms with E-state index >= 15 is 0 Å². The number of anilines is 2. The molecule has 0 bridgehead atoms. The maximum absolute atomic E-state index is 12.5. The zero-order chi connectivity index (χ0) is 21.4. The fraction of sp³-hybridized carbons (Fsp3) is 0.0909. The Balaban J connectivity index is 2.07. The lowest BCUT2D eigenvalue weighted by atomic mass is 9.93. The predicted molar refractivity (Wildman–Crippen MR) is 114 cm³/mol. The van der Waals surface area contributed by atoms with Crippen molar-refractivity contribution in [3.63, 3.8) is 0 Å². The van der Waals surface area contributed by atoms with E-state index in [1.165, 1.54) is 13.2 Å². The zero-order valence-corrected chi connectivity index (χ0v) is 16.4. The van der Waals surface area contributed by atoms with Crippen LogP contribution >= 0.6 is 0 Å². The number of ether oxygens (including phenoxy) is 1. The molecule has 0 unspecified atom stereocenters. The van der Waals surface area contributed by atoms with E-state index in [0.29, 0.717) is 22.5 Å². The average molecular weight is 398 g/mol. The zero-order valence-electron chi connectivity index (χ0n) is 16.4. The third-order valence-electron chi connectivity index (χ3n) is 5.03. The number of nitriles is 1. The summed E-state index contributed by atoms with van der Waals surface area (Å²) in [6.07, 6.45) is 3.43. The van der Waals surface area contributed by atoms with Crippen LogP contribution < -0.4 is 11.5 Å². The fourth-order valence-corrected chi connectivity index (χ4v) is 3.54. The SMILES string of the molecule is COC(=O)c1cc(C#N)c(N)c(N)c1-c1cccc2c1nc(-c1cccnc1)n2C. The standard InChI is InChI=1S/C22H18N6O2/c1-28-16-7-3-6-14(20(16)27-21(28)12-5-4-8-26-11-12)17-15(22(29)30-2)9-13(10-23)18(24)19(17)25/h3-9,11H,24-25H2,1-2H3. The Morgan fingerprint density at radius 3 is 2.67 bits per heavy atom. The minimum atomic E-state index is -0.617. The number of carbonyl (C=O) groups is 1. The van der Waals surface area contributed by atoms with Crippen molar-refractivity contribution in [1.82, 2.24) is 14.5 Å². The second-order valence-corrected chi connectivity index (χ2v) is 6.69. The fourth-order valence-electron chi connectivity index (χ4n) is 3.54. The lowest BCUT2D eigenvalue weighted by Gasteiger charge is -2.15. The molecule has 2 heterocycles. The molecule has 2 aromatic carbocycles. The van der Waals surface area contributed by atoms with Crippen molar-refractivity contribution in [3.8, 4) is 28.6 Å². The number of methoxy groups -OCH3 is 1. The minimum Gasteiger partial charge on any atom is -0.465 e. The van der Waals surface area contributed by atoms with Gasteiger partial charge in [-0.3, -0.25) is 4.98 Å². The molecule has 2 aromatic heterocycles. The number of pyridine rings is 1. The number of nitrogens with zero attached hydrogens (tertiary/aromatic N) is 4. The number of nitrogens with two attached hydrogens (primary N) is 2. The minimum absolute atomic E-state index is 0.112. The van der Waals surface area contributed by atoms with Crippen molar-refractivity contribution in [1.29, 1.82) is 5.26 Å². The van der Waals surface area contributed by atoms with E-state index in [1.54, 1.807) is 12.4 Å². The van der Waals surface area contributed by atoms with Crippen molar-refractivity contribution in [3.05, 3.63) is 59.9 Å². The number of aromatic nitrogens is 3. The number of esters is 1. The lowest BCUT2D eigenvalue weighted by Crippen LogP contribution is -2.10. The van der Waals surface area contributed by atoms with Crippen LogP contribution in [0.2, 0.25) is 0 Å². The summed E-state index contributed by atoms with van der Waals surface area (Å²) >= 11 is 0. The number of hydrogen-bond donors (Lipinski definition) is 2. The number of benzene rings is 2. The quantitative estimate of drug-likeness (QED) is 0.400. The van der Waals surface area contributed by atoms with Crippen molar-refractivity contribution in [2.75, 3.05) is 18.6 Å². The van der Waals surface area contributed by atoms with Gasteiger partial charge in [-0.05, 0) is 24.3 Å². The first-order valence-electron chi connectivity index (χ1n) is 9.04. The van der Waals surface area contributed by atoms with E-state index in [0.717, 1.165) is 11.1 Å². The molecule has 0 saturated carbocycles. The van der Waals surface area contributed by atoms with Gasteiger partial charge in [0.1, 0.15) is 11.9 Å². The summed E-state index contributed by atoms with van der Waals surface area (Å²) in [6, 6.07) is 12.7. The van der Waals surface area contributed by atoms with Gasteiger partial charge in [-0.15, -0.1) is 0 Å². The Morgan fingerprint density at radius 2 is 2.00 bits per heavy atom. The molecule has 8 nitrogen and oxygen atoms in total. The van der Waals surface area contributed by atoms with Crippen molar-refractivity contribution in [2.24, 2.45) is 7.05 Å². The Hall–Kier alpha value is -4.38. The molecule has 0 aliphatic heterocycles. The Labute approximate surface area is 172 Å². The van der Waals surface area contributed by atoms with E-state index in [1.807, 2.05) is 48.0 Å². The van der Waals surface area contributed by atoms with E-state index in [9.17, 15) is 10.1 Å². The van der Waals surface area contributed by atoms with Crippen LogP contribution in [0.4, 0.5) is 11.4 Å². The molecule has 4 aromatic rings. The summed E-state index contributed by atoms with van der Waals surface area (Å²) in [5.74, 6) is 0.0963. The first kappa shape index (κ1) is 19.0. The number of para-hydroxylation sites is 1. The Kier molecular flexibility index (Phi) is 4.56. The number of imidazole rings is 1. The topological polar surface area (TPSA) is 133 Å². The number of fused-ring (bicyclic) bond motifs is 1. The Morgan fingerprint density at radius 1 is 1.20 bits per heavy atom. The second-order valence-electron chi connectivity index (χ2n) is 6.69. The van der Waals surface area contributed by atoms with Crippen LogP contribution in [0.25, 0.3) is 33.5 Å². The van der Waals surface area contributed by atoms with Gasteiger partial charge < -0.3 is 20.8 Å². The molecular weight excluding hydrogens is 380 g/mol. The van der Waals surface area contributed by atoms with Crippen LogP contribution in [-0.4, -0.2) is 27.6 Å². The molecule has 0 aliphatic carbocycles. The monoisotopic (exact) mass is 398 g/mol. The van der Waals surface area contributed by atoms with E-state index in [-0.39, 0.29) is 22.5 Å². The number of hydrogen-bond acceptors (Lipinski definition) is 7. The van der Waals surface area contributed by atoms with Gasteiger partial charge in [-0.25, -0.2) is 9.78 Å². The molecule has 4 rings (SSSR count). The molecular formula is C22H18N6O2. The van der Waals surface area contributed by atoms with Gasteiger partial charge in [0.05, 0.1) is 40.6 Å². The number of carbonyl (C=O) groups excluding carboxylic acids is 1. The van der Waals surface area contributed by atoms with E-state index in [4.69, 9.17) is 21.2 Å². The van der Waals surface area contributed by atoms with E-state index < -0.39 is 5.97 Å². The third-order valence-corrected chi connectivity index (χ3v) is 5.03. The summed E-state index contributed by atoms with van der Waals surface area (Å²) in [7, 11) is 3.17. The molecule has 0 fully saturated rings. The first-order chi connectivity index (χ1) is 14.5. The number of nitrogen functional groups attached to an aromatic ring is 2.